The van der Waals surface area contributed by atoms with E-state index in [1.807, 2.05) is 26.0 Å². The fraction of sp³-hybridized carbons (Fsp3) is 0.286. The number of aryl methyl sites for hydroxylation is 2. The van der Waals surface area contributed by atoms with Gasteiger partial charge in [0.1, 0.15) is 0 Å². The predicted octanol–water partition coefficient (Wildman–Crippen LogP) is 2.19. The second-order valence-corrected chi connectivity index (χ2v) is 1.91. The van der Waals surface area contributed by atoms with E-state index >= 15 is 0 Å². The molecule has 0 spiro atoms. The summed E-state index contributed by atoms with van der Waals surface area (Å²) < 4.78 is 0. The minimum atomic E-state index is 0.847. The average Bonchev–Trinajstić information content (AvgIpc) is 1.91. The average molecular weight is 207 g/mol. The summed E-state index contributed by atoms with van der Waals surface area (Å²) in [5, 5.41) is 0. The number of nitrogens with zero attached hydrogens (tertiary/aromatic N) is 1. The summed E-state index contributed by atoms with van der Waals surface area (Å²) in [6.45, 7) is 3.99. The molecule has 1 aromatic rings. The Hall–Kier alpha value is 0.0634. The van der Waals surface area contributed by atoms with Crippen molar-refractivity contribution < 1.29 is 17.3 Å². The fourth-order valence-corrected chi connectivity index (χ4v) is 0.639. The quantitative estimate of drug-likeness (QED) is 0.469. The van der Waals surface area contributed by atoms with Crippen LogP contribution in [0.15, 0.2) is 12.1 Å². The molecule has 1 heterocycles. The van der Waals surface area contributed by atoms with Gasteiger partial charge in [-0.05, 0) is 0 Å². The molecule has 0 amide bonds. The van der Waals surface area contributed by atoms with Crippen LogP contribution in [0.5, 0.6) is 0 Å². The van der Waals surface area contributed by atoms with Gasteiger partial charge in [0.25, 0.3) is 0 Å². The zero-order chi connectivity index (χ0) is 7.98. The van der Waals surface area contributed by atoms with Crippen LogP contribution >= 0.6 is 9.69 Å². The topological polar surface area (TPSA) is 12.9 Å². The SMILES string of the molecule is Cc1c[c-]nc(C)c1.[Cl][Zn+]. The first-order valence-electron chi connectivity index (χ1n) is 2.87. The van der Waals surface area contributed by atoms with Gasteiger partial charge in [0.05, 0.1) is 0 Å². The minimum absolute atomic E-state index is 0.847. The third kappa shape index (κ3) is 3.97. The monoisotopic (exact) mass is 205 g/mol. The van der Waals surface area contributed by atoms with Crippen LogP contribution in [0.1, 0.15) is 11.3 Å². The zero-order valence-corrected chi connectivity index (χ0v) is 9.91. The number of hydrogen-bond donors (Lipinski definition) is 0. The second-order valence-electron chi connectivity index (χ2n) is 1.91. The van der Waals surface area contributed by atoms with Gasteiger partial charge in [0, 0.05) is 0 Å². The Kier molecular flexibility index (Phi) is 5.86. The standard InChI is InChI=1S/C7H8N.ClH.Zn/c1-6-3-4-8-7(2)5-6;;/h3,5H,1-2H3;1H;/q-1;;+2/p-1. The summed E-state index contributed by atoms with van der Waals surface area (Å²) in [6.07, 6.45) is 2.78. The van der Waals surface area contributed by atoms with Crippen LogP contribution in [-0.4, -0.2) is 4.98 Å². The number of halogens is 1. The molecule has 3 heteroatoms. The van der Waals surface area contributed by atoms with Crippen LogP contribution in [0.3, 0.4) is 0 Å². The van der Waals surface area contributed by atoms with Crippen molar-refractivity contribution in [3.8, 4) is 0 Å². The molecular formula is C7H8ClNZn. The van der Waals surface area contributed by atoms with E-state index in [1.165, 1.54) is 5.56 Å². The third-order valence-electron chi connectivity index (χ3n) is 0.970. The summed E-state index contributed by atoms with van der Waals surface area (Å²) in [6, 6.07) is 3.89. The van der Waals surface area contributed by atoms with Gasteiger partial charge in [0.15, 0.2) is 0 Å². The van der Waals surface area contributed by atoms with Crippen LogP contribution in [0.2, 0.25) is 0 Å². The normalized spacial score (nSPS) is 8.10. The molecule has 0 bridgehead atoms. The first-order chi connectivity index (χ1) is 4.79. The van der Waals surface area contributed by atoms with Crippen LogP contribution < -0.4 is 0 Å². The zero-order valence-electron chi connectivity index (χ0n) is 6.19. The second kappa shape index (κ2) is 5.82. The van der Waals surface area contributed by atoms with Gasteiger partial charge in [-0.3, -0.25) is 0 Å². The van der Waals surface area contributed by atoms with Crippen molar-refractivity contribution in [3.63, 3.8) is 0 Å². The van der Waals surface area contributed by atoms with Gasteiger partial charge in [0.2, 0.25) is 0 Å². The Morgan fingerprint density at radius 1 is 1.50 bits per heavy atom. The van der Waals surface area contributed by atoms with Crippen molar-refractivity contribution in [2.24, 2.45) is 0 Å². The first-order valence-corrected chi connectivity index (χ1v) is 6.77. The first kappa shape index (κ1) is 10.1. The van der Waals surface area contributed by atoms with E-state index in [1.54, 1.807) is 0 Å². The molecule has 0 fully saturated rings. The molecule has 10 heavy (non-hydrogen) atoms. The van der Waals surface area contributed by atoms with Gasteiger partial charge in [-0.2, -0.15) is 11.6 Å². The number of rotatable bonds is 0. The van der Waals surface area contributed by atoms with E-state index in [4.69, 9.17) is 9.69 Å². The molecule has 0 N–H and O–H groups in total. The number of hydrogen-bond acceptors (Lipinski definition) is 1. The van der Waals surface area contributed by atoms with Gasteiger partial charge in [-0.15, -0.1) is 6.07 Å². The maximum absolute atomic E-state index is 4.76. The molecule has 0 atom stereocenters. The van der Waals surface area contributed by atoms with Crippen molar-refractivity contribution in [2.45, 2.75) is 13.8 Å². The number of pyridine rings is 1. The Balaban J connectivity index is 0.000000371. The van der Waals surface area contributed by atoms with Crippen LogP contribution in [-0.2, 0) is 17.3 Å². The van der Waals surface area contributed by atoms with Crippen LogP contribution in [0, 0.1) is 20.0 Å². The van der Waals surface area contributed by atoms with Crippen LogP contribution in [0.4, 0.5) is 0 Å². The Bertz CT molecular complexity index is 173. The van der Waals surface area contributed by atoms with E-state index in [-0.39, 0.29) is 0 Å². The Labute approximate surface area is 75.5 Å². The van der Waals surface area contributed by atoms with E-state index in [9.17, 15) is 0 Å². The van der Waals surface area contributed by atoms with E-state index in [2.05, 4.69) is 11.2 Å². The molecule has 50 valence electrons. The van der Waals surface area contributed by atoms with Gasteiger partial charge in [-0.25, -0.2) is 0 Å². The molecule has 0 aliphatic carbocycles. The molecule has 1 nitrogen and oxygen atoms in total. The Morgan fingerprint density at radius 2 is 2.10 bits per heavy atom. The Morgan fingerprint density at radius 3 is 2.40 bits per heavy atom. The molecule has 1 rings (SSSR count). The molecule has 0 aromatic carbocycles. The summed E-state index contributed by atoms with van der Waals surface area (Å²) in [4.78, 5) is 3.92. The molecule has 0 radical (unpaired) electrons. The van der Waals surface area contributed by atoms with Crippen molar-refractivity contribution in [2.75, 3.05) is 0 Å². The van der Waals surface area contributed by atoms with Gasteiger partial charge >= 0.3 is 27.0 Å². The third-order valence-corrected chi connectivity index (χ3v) is 0.970. The van der Waals surface area contributed by atoms with E-state index in [0.717, 1.165) is 23.0 Å². The number of aromatic nitrogens is 1. The molecule has 0 aliphatic rings. The molecule has 1 aromatic heterocycles. The molecule has 0 saturated heterocycles. The van der Waals surface area contributed by atoms with Crippen LogP contribution in [0.25, 0.3) is 0 Å². The molecule has 0 saturated carbocycles. The van der Waals surface area contributed by atoms with Gasteiger partial charge < -0.3 is 4.98 Å². The predicted molar refractivity (Wildman–Crippen MR) is 38.4 cm³/mol. The van der Waals surface area contributed by atoms with Gasteiger partial charge in [-0.1, -0.05) is 25.7 Å². The van der Waals surface area contributed by atoms with E-state index in [0.29, 0.717) is 0 Å². The van der Waals surface area contributed by atoms with Crippen molar-refractivity contribution in [1.82, 2.24) is 4.98 Å². The summed E-state index contributed by atoms with van der Waals surface area (Å²) in [7, 11) is 4.76. The molecule has 0 aliphatic heterocycles. The summed E-state index contributed by atoms with van der Waals surface area (Å²) >= 11 is 0.847. The fourth-order valence-electron chi connectivity index (χ4n) is 0.639. The molecule has 0 unspecified atom stereocenters. The molecular weight excluding hydrogens is 199 g/mol. The van der Waals surface area contributed by atoms with Crippen molar-refractivity contribution in [1.29, 1.82) is 0 Å². The summed E-state index contributed by atoms with van der Waals surface area (Å²) in [5.41, 5.74) is 2.25. The summed E-state index contributed by atoms with van der Waals surface area (Å²) in [5.74, 6) is 0. The van der Waals surface area contributed by atoms with Crippen molar-refractivity contribution in [3.05, 3.63) is 29.6 Å². The van der Waals surface area contributed by atoms with Crippen molar-refractivity contribution >= 4 is 9.69 Å². The van der Waals surface area contributed by atoms with E-state index < -0.39 is 0 Å². The maximum atomic E-state index is 4.76.